The highest BCUT2D eigenvalue weighted by molar-refractivity contribution is 6.31. The molecule has 1 saturated heterocycles. The lowest BCUT2D eigenvalue weighted by Crippen LogP contribution is -2.13. The smallest absolute Gasteiger partial charge is 0.0847 e. The summed E-state index contributed by atoms with van der Waals surface area (Å²) in [7, 11) is 0. The fourth-order valence-electron chi connectivity index (χ4n) is 2.23. The monoisotopic (exact) mass is 227 g/mol. The standard InChI is InChI=1S/C11H18ClN3/c1-3-15-10(11(12)8(2)14-15)6-9-4-5-13-7-9/h9,13H,3-7H2,1-2H3. The third-order valence-corrected chi connectivity index (χ3v) is 3.59. The molecule has 15 heavy (non-hydrogen) atoms. The van der Waals surface area contributed by atoms with Gasteiger partial charge in [0.15, 0.2) is 0 Å². The molecule has 0 saturated carbocycles. The molecule has 1 unspecified atom stereocenters. The molecule has 2 rings (SSSR count). The summed E-state index contributed by atoms with van der Waals surface area (Å²) in [6.45, 7) is 7.25. The lowest BCUT2D eigenvalue weighted by molar-refractivity contribution is 0.529. The largest absolute Gasteiger partial charge is 0.316 e. The zero-order valence-corrected chi connectivity index (χ0v) is 10.1. The van der Waals surface area contributed by atoms with Gasteiger partial charge in [-0.1, -0.05) is 11.6 Å². The van der Waals surface area contributed by atoms with Crippen molar-refractivity contribution in [1.29, 1.82) is 0 Å². The van der Waals surface area contributed by atoms with E-state index >= 15 is 0 Å². The molecule has 0 bridgehead atoms. The second-order valence-corrected chi connectivity index (χ2v) is 4.60. The first-order chi connectivity index (χ1) is 7.22. The fourth-order valence-corrected chi connectivity index (χ4v) is 2.44. The van der Waals surface area contributed by atoms with Gasteiger partial charge in [0.05, 0.1) is 16.4 Å². The van der Waals surface area contributed by atoms with Crippen LogP contribution in [0.25, 0.3) is 0 Å². The van der Waals surface area contributed by atoms with Gasteiger partial charge in [0.25, 0.3) is 0 Å². The SMILES string of the molecule is CCn1nc(C)c(Cl)c1CC1CCNC1. The Kier molecular flexibility index (Phi) is 3.32. The van der Waals surface area contributed by atoms with Crippen molar-refractivity contribution in [3.8, 4) is 0 Å². The van der Waals surface area contributed by atoms with Crippen LogP contribution in [0.5, 0.6) is 0 Å². The van der Waals surface area contributed by atoms with Crippen LogP contribution in [0.1, 0.15) is 24.7 Å². The second kappa shape index (κ2) is 4.54. The van der Waals surface area contributed by atoms with E-state index in [4.69, 9.17) is 11.6 Å². The number of aryl methyl sites for hydroxylation is 2. The summed E-state index contributed by atoms with van der Waals surface area (Å²) in [6, 6.07) is 0. The highest BCUT2D eigenvalue weighted by atomic mass is 35.5. The maximum absolute atomic E-state index is 6.27. The molecule has 0 amide bonds. The van der Waals surface area contributed by atoms with E-state index in [1.807, 2.05) is 11.6 Å². The number of aromatic nitrogens is 2. The molecule has 2 heterocycles. The van der Waals surface area contributed by atoms with Gasteiger partial charge in [0, 0.05) is 6.54 Å². The summed E-state index contributed by atoms with van der Waals surface area (Å²) in [5.41, 5.74) is 2.17. The summed E-state index contributed by atoms with van der Waals surface area (Å²) in [4.78, 5) is 0. The highest BCUT2D eigenvalue weighted by Gasteiger charge is 2.20. The molecule has 1 aromatic heterocycles. The van der Waals surface area contributed by atoms with E-state index in [0.29, 0.717) is 0 Å². The number of halogens is 1. The van der Waals surface area contributed by atoms with Gasteiger partial charge in [-0.2, -0.15) is 5.10 Å². The Hall–Kier alpha value is -0.540. The third kappa shape index (κ3) is 2.18. The second-order valence-electron chi connectivity index (χ2n) is 4.22. The lowest BCUT2D eigenvalue weighted by Gasteiger charge is -2.10. The maximum Gasteiger partial charge on any atom is 0.0847 e. The Morgan fingerprint density at radius 1 is 1.60 bits per heavy atom. The molecular formula is C11H18ClN3. The van der Waals surface area contributed by atoms with Gasteiger partial charge in [-0.15, -0.1) is 0 Å². The number of rotatable bonds is 3. The van der Waals surface area contributed by atoms with E-state index in [2.05, 4.69) is 17.3 Å². The number of hydrogen-bond donors (Lipinski definition) is 1. The molecule has 4 heteroatoms. The topological polar surface area (TPSA) is 29.9 Å². The molecule has 0 radical (unpaired) electrons. The van der Waals surface area contributed by atoms with Crippen molar-refractivity contribution < 1.29 is 0 Å². The molecule has 0 aliphatic carbocycles. The van der Waals surface area contributed by atoms with Gasteiger partial charge >= 0.3 is 0 Å². The van der Waals surface area contributed by atoms with Crippen molar-refractivity contribution in [3.63, 3.8) is 0 Å². The molecular weight excluding hydrogens is 210 g/mol. The molecule has 0 aromatic carbocycles. The summed E-state index contributed by atoms with van der Waals surface area (Å²) in [5, 5.41) is 8.68. The molecule has 1 fully saturated rings. The molecule has 1 aromatic rings. The predicted octanol–water partition coefficient (Wildman–Crippen LogP) is 2.02. The predicted molar refractivity (Wildman–Crippen MR) is 62.3 cm³/mol. The molecule has 3 nitrogen and oxygen atoms in total. The Morgan fingerprint density at radius 2 is 2.40 bits per heavy atom. The normalized spacial score (nSPS) is 21.1. The first kappa shape index (κ1) is 11.0. The first-order valence-corrected chi connectivity index (χ1v) is 6.02. The minimum Gasteiger partial charge on any atom is -0.316 e. The Balaban J connectivity index is 2.17. The van der Waals surface area contributed by atoms with Crippen LogP contribution in [0.2, 0.25) is 5.02 Å². The van der Waals surface area contributed by atoms with Crippen molar-refractivity contribution in [1.82, 2.24) is 15.1 Å². The minimum atomic E-state index is 0.726. The van der Waals surface area contributed by atoms with Gasteiger partial charge in [-0.05, 0) is 45.7 Å². The third-order valence-electron chi connectivity index (χ3n) is 3.10. The van der Waals surface area contributed by atoms with Crippen LogP contribution >= 0.6 is 11.6 Å². The number of nitrogens with one attached hydrogen (secondary N) is 1. The molecule has 1 aliphatic rings. The van der Waals surface area contributed by atoms with Crippen LogP contribution in [0, 0.1) is 12.8 Å². The zero-order valence-electron chi connectivity index (χ0n) is 9.39. The van der Waals surface area contributed by atoms with E-state index in [1.54, 1.807) is 0 Å². The van der Waals surface area contributed by atoms with Gasteiger partial charge in [-0.3, -0.25) is 4.68 Å². The van der Waals surface area contributed by atoms with Crippen LogP contribution in [-0.4, -0.2) is 22.9 Å². The molecule has 84 valence electrons. The van der Waals surface area contributed by atoms with Gasteiger partial charge in [-0.25, -0.2) is 0 Å². The Morgan fingerprint density at radius 3 is 3.00 bits per heavy atom. The summed E-state index contributed by atoms with van der Waals surface area (Å²) in [5.74, 6) is 0.726. The zero-order chi connectivity index (χ0) is 10.8. The number of nitrogens with zero attached hydrogens (tertiary/aromatic N) is 2. The summed E-state index contributed by atoms with van der Waals surface area (Å²) >= 11 is 6.27. The fraction of sp³-hybridized carbons (Fsp3) is 0.727. The van der Waals surface area contributed by atoms with Crippen LogP contribution in [0.3, 0.4) is 0 Å². The van der Waals surface area contributed by atoms with E-state index < -0.39 is 0 Å². The van der Waals surface area contributed by atoms with Crippen LogP contribution < -0.4 is 5.32 Å². The average Bonchev–Trinajstić information content (AvgIpc) is 2.82. The van der Waals surface area contributed by atoms with E-state index in [-0.39, 0.29) is 0 Å². The summed E-state index contributed by atoms with van der Waals surface area (Å²) in [6.07, 6.45) is 2.31. The first-order valence-electron chi connectivity index (χ1n) is 5.64. The molecule has 1 aliphatic heterocycles. The van der Waals surface area contributed by atoms with E-state index in [1.165, 1.54) is 12.1 Å². The van der Waals surface area contributed by atoms with Gasteiger partial charge in [0.1, 0.15) is 0 Å². The number of hydrogen-bond acceptors (Lipinski definition) is 2. The highest BCUT2D eigenvalue weighted by Crippen LogP contribution is 2.24. The Labute approximate surface area is 95.8 Å². The van der Waals surface area contributed by atoms with E-state index in [0.717, 1.165) is 42.7 Å². The van der Waals surface area contributed by atoms with Gasteiger partial charge < -0.3 is 5.32 Å². The van der Waals surface area contributed by atoms with Crippen LogP contribution in [-0.2, 0) is 13.0 Å². The van der Waals surface area contributed by atoms with Crippen molar-refractivity contribution in [2.75, 3.05) is 13.1 Å². The average molecular weight is 228 g/mol. The molecule has 0 spiro atoms. The van der Waals surface area contributed by atoms with Crippen LogP contribution in [0.15, 0.2) is 0 Å². The van der Waals surface area contributed by atoms with Gasteiger partial charge in [0.2, 0.25) is 0 Å². The molecule has 1 atom stereocenters. The molecule has 1 N–H and O–H groups in total. The van der Waals surface area contributed by atoms with Crippen molar-refractivity contribution >= 4 is 11.6 Å². The summed E-state index contributed by atoms with van der Waals surface area (Å²) < 4.78 is 2.04. The maximum atomic E-state index is 6.27. The van der Waals surface area contributed by atoms with Crippen molar-refractivity contribution in [2.45, 2.75) is 33.2 Å². The van der Waals surface area contributed by atoms with Crippen LogP contribution in [0.4, 0.5) is 0 Å². The minimum absolute atomic E-state index is 0.726. The Bertz CT molecular complexity index is 340. The van der Waals surface area contributed by atoms with E-state index in [9.17, 15) is 0 Å². The van der Waals surface area contributed by atoms with Crippen molar-refractivity contribution in [2.24, 2.45) is 5.92 Å². The lowest BCUT2D eigenvalue weighted by atomic mass is 10.0. The van der Waals surface area contributed by atoms with Crippen molar-refractivity contribution in [3.05, 3.63) is 16.4 Å². The quantitative estimate of drug-likeness (QED) is 0.857.